The second-order valence-electron chi connectivity index (χ2n) is 4.00. The third-order valence-electron chi connectivity index (χ3n) is 2.67. The van der Waals surface area contributed by atoms with Crippen LogP contribution >= 0.6 is 11.3 Å². The Labute approximate surface area is 108 Å². The molecular formula is C13H11N3OS. The number of nitrogens with two attached hydrogens (primary N) is 1. The molecule has 0 spiro atoms. The van der Waals surface area contributed by atoms with E-state index >= 15 is 0 Å². The number of nitrogen functional groups attached to an aromatic ring is 1. The van der Waals surface area contributed by atoms with Crippen molar-refractivity contribution in [2.45, 2.75) is 6.42 Å². The number of pyridine rings is 1. The standard InChI is InChI=1S/C13H11N3OS/c14-13-16-12-8(5-9-3-1-2-4-15-9)6-10(17)7-11(12)18-13/h1-4,6-7,17H,5H2,(H2,14,16). The predicted octanol–water partition coefficient (Wildman–Crippen LogP) is 2.57. The van der Waals surface area contributed by atoms with Crippen molar-refractivity contribution >= 4 is 26.7 Å². The molecule has 3 rings (SSSR count). The fraction of sp³-hybridized carbons (Fsp3) is 0.0769. The molecular weight excluding hydrogens is 246 g/mol. The zero-order valence-corrected chi connectivity index (χ0v) is 10.3. The molecule has 90 valence electrons. The average Bonchev–Trinajstić information content (AvgIpc) is 2.71. The summed E-state index contributed by atoms with van der Waals surface area (Å²) in [5, 5.41) is 10.2. The van der Waals surface area contributed by atoms with Gasteiger partial charge in [-0.1, -0.05) is 17.4 Å². The average molecular weight is 257 g/mol. The summed E-state index contributed by atoms with van der Waals surface area (Å²) in [7, 11) is 0. The summed E-state index contributed by atoms with van der Waals surface area (Å²) in [6.07, 6.45) is 2.39. The van der Waals surface area contributed by atoms with Crippen LogP contribution in [0.4, 0.5) is 5.13 Å². The summed E-state index contributed by atoms with van der Waals surface area (Å²) < 4.78 is 0.901. The Hall–Kier alpha value is -2.14. The Bertz CT molecular complexity index is 694. The maximum Gasteiger partial charge on any atom is 0.181 e. The van der Waals surface area contributed by atoms with Gasteiger partial charge in [0.15, 0.2) is 5.13 Å². The van der Waals surface area contributed by atoms with E-state index in [0.717, 1.165) is 21.5 Å². The topological polar surface area (TPSA) is 72.0 Å². The minimum Gasteiger partial charge on any atom is -0.508 e. The zero-order valence-electron chi connectivity index (χ0n) is 9.50. The van der Waals surface area contributed by atoms with Crippen LogP contribution in [-0.4, -0.2) is 15.1 Å². The summed E-state index contributed by atoms with van der Waals surface area (Å²) in [6, 6.07) is 9.17. The van der Waals surface area contributed by atoms with Crippen LogP contribution in [0.25, 0.3) is 10.2 Å². The smallest absolute Gasteiger partial charge is 0.181 e. The van der Waals surface area contributed by atoms with Crippen LogP contribution in [0.15, 0.2) is 36.5 Å². The highest BCUT2D eigenvalue weighted by atomic mass is 32.1. The van der Waals surface area contributed by atoms with Crippen molar-refractivity contribution in [1.82, 2.24) is 9.97 Å². The zero-order chi connectivity index (χ0) is 12.5. The monoisotopic (exact) mass is 257 g/mol. The maximum atomic E-state index is 9.72. The van der Waals surface area contributed by atoms with Gasteiger partial charge in [-0.15, -0.1) is 0 Å². The third kappa shape index (κ3) is 2.00. The summed E-state index contributed by atoms with van der Waals surface area (Å²) in [6.45, 7) is 0. The lowest BCUT2D eigenvalue weighted by molar-refractivity contribution is 0.475. The second kappa shape index (κ2) is 4.27. The van der Waals surface area contributed by atoms with E-state index in [1.807, 2.05) is 18.2 Å². The van der Waals surface area contributed by atoms with Crippen LogP contribution in [0.3, 0.4) is 0 Å². The summed E-state index contributed by atoms with van der Waals surface area (Å²) in [5.41, 5.74) is 8.44. The molecule has 5 heteroatoms. The molecule has 0 aliphatic heterocycles. The summed E-state index contributed by atoms with van der Waals surface area (Å²) >= 11 is 1.38. The molecule has 0 fully saturated rings. The number of phenolic OH excluding ortho intramolecular Hbond substituents is 1. The molecule has 0 aliphatic carbocycles. The molecule has 18 heavy (non-hydrogen) atoms. The van der Waals surface area contributed by atoms with E-state index in [2.05, 4.69) is 9.97 Å². The number of fused-ring (bicyclic) bond motifs is 1. The molecule has 0 aliphatic rings. The van der Waals surface area contributed by atoms with E-state index < -0.39 is 0 Å². The van der Waals surface area contributed by atoms with E-state index in [0.29, 0.717) is 11.6 Å². The van der Waals surface area contributed by atoms with Crippen molar-refractivity contribution in [1.29, 1.82) is 0 Å². The number of phenols is 1. The number of hydrogen-bond donors (Lipinski definition) is 2. The first kappa shape index (κ1) is 11.0. The van der Waals surface area contributed by atoms with Gasteiger partial charge in [0, 0.05) is 18.3 Å². The van der Waals surface area contributed by atoms with Crippen molar-refractivity contribution in [3.63, 3.8) is 0 Å². The van der Waals surface area contributed by atoms with Crippen molar-refractivity contribution in [2.24, 2.45) is 0 Å². The first-order chi connectivity index (χ1) is 8.72. The Morgan fingerprint density at radius 1 is 1.28 bits per heavy atom. The van der Waals surface area contributed by atoms with E-state index in [9.17, 15) is 5.11 Å². The van der Waals surface area contributed by atoms with Gasteiger partial charge in [-0.2, -0.15) is 0 Å². The molecule has 4 nitrogen and oxygen atoms in total. The van der Waals surface area contributed by atoms with Gasteiger partial charge in [-0.25, -0.2) is 4.98 Å². The number of hydrogen-bond acceptors (Lipinski definition) is 5. The Kier molecular flexibility index (Phi) is 2.60. The van der Waals surface area contributed by atoms with Gasteiger partial charge < -0.3 is 10.8 Å². The van der Waals surface area contributed by atoms with E-state index in [-0.39, 0.29) is 5.75 Å². The quantitative estimate of drug-likeness (QED) is 0.740. The lowest BCUT2D eigenvalue weighted by Crippen LogP contribution is -1.92. The number of anilines is 1. The van der Waals surface area contributed by atoms with E-state index in [1.165, 1.54) is 11.3 Å². The van der Waals surface area contributed by atoms with Crippen LogP contribution in [-0.2, 0) is 6.42 Å². The predicted molar refractivity (Wildman–Crippen MR) is 72.7 cm³/mol. The van der Waals surface area contributed by atoms with Gasteiger partial charge in [-0.3, -0.25) is 4.98 Å². The Morgan fingerprint density at radius 2 is 2.17 bits per heavy atom. The van der Waals surface area contributed by atoms with E-state index in [1.54, 1.807) is 18.3 Å². The molecule has 1 aromatic carbocycles. The van der Waals surface area contributed by atoms with Crippen LogP contribution in [0.1, 0.15) is 11.3 Å². The highest BCUT2D eigenvalue weighted by Gasteiger charge is 2.10. The lowest BCUT2D eigenvalue weighted by Gasteiger charge is -2.03. The summed E-state index contributed by atoms with van der Waals surface area (Å²) in [5.74, 6) is 0.233. The van der Waals surface area contributed by atoms with Crippen molar-refractivity contribution < 1.29 is 5.11 Å². The molecule has 3 N–H and O–H groups in total. The Morgan fingerprint density at radius 3 is 2.94 bits per heavy atom. The van der Waals surface area contributed by atoms with Crippen LogP contribution in [0.5, 0.6) is 5.75 Å². The van der Waals surface area contributed by atoms with Gasteiger partial charge in [0.2, 0.25) is 0 Å². The highest BCUT2D eigenvalue weighted by molar-refractivity contribution is 7.22. The van der Waals surface area contributed by atoms with Gasteiger partial charge in [0.25, 0.3) is 0 Å². The minimum absolute atomic E-state index is 0.233. The fourth-order valence-corrected chi connectivity index (χ4v) is 2.75. The van der Waals surface area contributed by atoms with E-state index in [4.69, 9.17) is 5.73 Å². The largest absolute Gasteiger partial charge is 0.508 e. The van der Waals surface area contributed by atoms with Crippen LogP contribution in [0, 0.1) is 0 Å². The lowest BCUT2D eigenvalue weighted by atomic mass is 10.1. The molecule has 0 saturated carbocycles. The number of aromatic hydroxyl groups is 1. The Balaban J connectivity index is 2.10. The van der Waals surface area contributed by atoms with Crippen molar-refractivity contribution in [3.05, 3.63) is 47.8 Å². The highest BCUT2D eigenvalue weighted by Crippen LogP contribution is 2.31. The summed E-state index contributed by atoms with van der Waals surface area (Å²) in [4.78, 5) is 8.59. The first-order valence-electron chi connectivity index (χ1n) is 5.50. The molecule has 2 aromatic heterocycles. The van der Waals surface area contributed by atoms with Gasteiger partial charge in [0.05, 0.1) is 10.2 Å². The number of benzene rings is 1. The van der Waals surface area contributed by atoms with Crippen molar-refractivity contribution in [2.75, 3.05) is 5.73 Å². The van der Waals surface area contributed by atoms with Crippen LogP contribution < -0.4 is 5.73 Å². The van der Waals surface area contributed by atoms with Gasteiger partial charge >= 0.3 is 0 Å². The molecule has 0 radical (unpaired) electrons. The number of rotatable bonds is 2. The second-order valence-corrected chi connectivity index (χ2v) is 5.06. The molecule has 0 unspecified atom stereocenters. The molecule has 3 aromatic rings. The molecule has 0 amide bonds. The number of aromatic nitrogens is 2. The third-order valence-corrected chi connectivity index (χ3v) is 3.50. The molecule has 0 saturated heterocycles. The fourth-order valence-electron chi connectivity index (χ4n) is 1.93. The molecule has 0 bridgehead atoms. The van der Waals surface area contributed by atoms with Gasteiger partial charge in [-0.05, 0) is 29.8 Å². The molecule has 0 atom stereocenters. The molecule has 2 heterocycles. The number of thiazole rings is 1. The van der Waals surface area contributed by atoms with Crippen LogP contribution in [0.2, 0.25) is 0 Å². The normalized spacial score (nSPS) is 10.9. The SMILES string of the molecule is Nc1nc2c(Cc3ccccn3)cc(O)cc2s1. The maximum absolute atomic E-state index is 9.72. The first-order valence-corrected chi connectivity index (χ1v) is 6.32. The van der Waals surface area contributed by atoms with Crippen molar-refractivity contribution in [3.8, 4) is 5.75 Å². The minimum atomic E-state index is 0.233. The van der Waals surface area contributed by atoms with Gasteiger partial charge in [0.1, 0.15) is 5.75 Å². The number of nitrogens with zero attached hydrogens (tertiary/aromatic N) is 2.